The number of benzene rings is 1. The van der Waals surface area contributed by atoms with Crippen LogP contribution in [0.5, 0.6) is 0 Å². The summed E-state index contributed by atoms with van der Waals surface area (Å²) >= 11 is 3.34. The molecule has 1 aromatic rings. The average Bonchev–Trinajstić information content (AvgIpc) is 2.46. The lowest BCUT2D eigenvalue weighted by molar-refractivity contribution is 0.159. The van der Waals surface area contributed by atoms with E-state index < -0.39 is 0 Å². The first-order valence-electron chi connectivity index (χ1n) is 7.62. The standard InChI is InChI=1S/C16H24BrFN2.2ClH/c1-2-3-4-5-16(20-10-8-19-9-11-20)14-7-6-13(17)12-15(14)18;;/h6-7,12,16,19H,2-5,8-11H2,1H3;2*1H/t16-;;/m0../s1. The van der Waals surface area contributed by atoms with Gasteiger partial charge in [0.05, 0.1) is 0 Å². The summed E-state index contributed by atoms with van der Waals surface area (Å²) in [6, 6.07) is 5.70. The molecule has 0 saturated carbocycles. The molecule has 0 unspecified atom stereocenters. The number of nitrogens with zero attached hydrogens (tertiary/aromatic N) is 1. The maximum absolute atomic E-state index is 14.3. The summed E-state index contributed by atoms with van der Waals surface area (Å²) in [7, 11) is 0. The zero-order valence-corrected chi connectivity index (χ0v) is 16.2. The van der Waals surface area contributed by atoms with E-state index in [-0.39, 0.29) is 36.7 Å². The third-order valence-corrected chi connectivity index (χ3v) is 4.49. The van der Waals surface area contributed by atoms with E-state index in [1.807, 2.05) is 12.1 Å². The summed E-state index contributed by atoms with van der Waals surface area (Å²) in [4.78, 5) is 2.43. The van der Waals surface area contributed by atoms with Gasteiger partial charge in [0.15, 0.2) is 0 Å². The largest absolute Gasteiger partial charge is 0.314 e. The highest BCUT2D eigenvalue weighted by Crippen LogP contribution is 2.30. The molecule has 0 radical (unpaired) electrons. The average molecular weight is 416 g/mol. The lowest BCUT2D eigenvalue weighted by atomic mass is 9.97. The number of piperazine rings is 1. The van der Waals surface area contributed by atoms with Crippen molar-refractivity contribution >= 4 is 40.7 Å². The Morgan fingerprint density at radius 2 is 1.91 bits per heavy atom. The van der Waals surface area contributed by atoms with Gasteiger partial charge < -0.3 is 5.32 Å². The summed E-state index contributed by atoms with van der Waals surface area (Å²) < 4.78 is 15.1. The molecular formula is C16H26BrCl2FN2. The highest BCUT2D eigenvalue weighted by molar-refractivity contribution is 9.10. The summed E-state index contributed by atoms with van der Waals surface area (Å²) in [6.07, 6.45) is 4.64. The minimum Gasteiger partial charge on any atom is -0.314 e. The van der Waals surface area contributed by atoms with Gasteiger partial charge in [0.1, 0.15) is 5.82 Å². The molecule has 2 nitrogen and oxygen atoms in total. The van der Waals surface area contributed by atoms with E-state index in [0.29, 0.717) is 0 Å². The minimum atomic E-state index is -0.0839. The van der Waals surface area contributed by atoms with Crippen LogP contribution in [0.25, 0.3) is 0 Å². The van der Waals surface area contributed by atoms with E-state index in [1.54, 1.807) is 6.07 Å². The van der Waals surface area contributed by atoms with Crippen LogP contribution in [-0.2, 0) is 0 Å². The molecule has 0 aliphatic carbocycles. The van der Waals surface area contributed by atoms with Gasteiger partial charge in [0.2, 0.25) is 0 Å². The predicted octanol–water partition coefficient (Wildman–Crippen LogP) is 4.96. The molecule has 22 heavy (non-hydrogen) atoms. The van der Waals surface area contributed by atoms with Crippen LogP contribution in [0.15, 0.2) is 22.7 Å². The lowest BCUT2D eigenvalue weighted by Gasteiger charge is -2.35. The van der Waals surface area contributed by atoms with Crippen molar-refractivity contribution in [1.82, 2.24) is 10.2 Å². The Morgan fingerprint density at radius 1 is 1.23 bits per heavy atom. The van der Waals surface area contributed by atoms with Crippen LogP contribution in [0, 0.1) is 5.82 Å². The first-order chi connectivity index (χ1) is 9.72. The smallest absolute Gasteiger partial charge is 0.129 e. The van der Waals surface area contributed by atoms with Gasteiger partial charge in [0, 0.05) is 42.3 Å². The normalized spacial score (nSPS) is 16.5. The van der Waals surface area contributed by atoms with Gasteiger partial charge in [0.25, 0.3) is 0 Å². The summed E-state index contributed by atoms with van der Waals surface area (Å²) in [5, 5.41) is 3.37. The van der Waals surface area contributed by atoms with Gasteiger partial charge in [-0.25, -0.2) is 4.39 Å². The maximum Gasteiger partial charge on any atom is 0.129 e. The molecule has 1 atom stereocenters. The van der Waals surface area contributed by atoms with Gasteiger partial charge in [-0.15, -0.1) is 24.8 Å². The van der Waals surface area contributed by atoms with E-state index in [4.69, 9.17) is 0 Å². The molecule has 0 aromatic heterocycles. The van der Waals surface area contributed by atoms with E-state index in [0.717, 1.165) is 42.6 Å². The van der Waals surface area contributed by atoms with Crippen LogP contribution in [0.1, 0.15) is 44.2 Å². The monoisotopic (exact) mass is 414 g/mol. The van der Waals surface area contributed by atoms with Crippen molar-refractivity contribution in [2.75, 3.05) is 26.2 Å². The Balaban J connectivity index is 0.00000220. The van der Waals surface area contributed by atoms with Crippen LogP contribution in [0.4, 0.5) is 4.39 Å². The molecular weight excluding hydrogens is 390 g/mol. The summed E-state index contributed by atoms with van der Waals surface area (Å²) in [5.74, 6) is -0.0839. The molecule has 128 valence electrons. The third-order valence-electron chi connectivity index (χ3n) is 3.99. The van der Waals surface area contributed by atoms with Crippen molar-refractivity contribution < 1.29 is 4.39 Å². The Kier molecular flexibility index (Phi) is 11.7. The number of unbranched alkanes of at least 4 members (excludes halogenated alkanes) is 2. The lowest BCUT2D eigenvalue weighted by Crippen LogP contribution is -2.45. The van der Waals surface area contributed by atoms with Crippen molar-refractivity contribution in [3.8, 4) is 0 Å². The van der Waals surface area contributed by atoms with Gasteiger partial charge >= 0.3 is 0 Å². The van der Waals surface area contributed by atoms with Gasteiger partial charge in [-0.1, -0.05) is 48.2 Å². The summed E-state index contributed by atoms with van der Waals surface area (Å²) in [5.41, 5.74) is 0.853. The molecule has 1 N–H and O–H groups in total. The zero-order chi connectivity index (χ0) is 14.4. The van der Waals surface area contributed by atoms with Crippen LogP contribution in [0.2, 0.25) is 0 Å². The van der Waals surface area contributed by atoms with Gasteiger partial charge in [-0.05, 0) is 18.6 Å². The quantitative estimate of drug-likeness (QED) is 0.660. The molecule has 1 saturated heterocycles. The Morgan fingerprint density at radius 3 is 2.50 bits per heavy atom. The minimum absolute atomic E-state index is 0. The second kappa shape index (κ2) is 11.6. The van der Waals surface area contributed by atoms with Gasteiger partial charge in [-0.2, -0.15) is 0 Å². The fourth-order valence-electron chi connectivity index (χ4n) is 2.89. The molecule has 0 amide bonds. The SMILES string of the molecule is CCCCC[C@@H](c1ccc(Br)cc1F)N1CCNCC1.Cl.Cl. The predicted molar refractivity (Wildman–Crippen MR) is 99.9 cm³/mol. The number of hydrogen-bond donors (Lipinski definition) is 1. The Labute approximate surface area is 154 Å². The van der Waals surface area contributed by atoms with Crippen molar-refractivity contribution in [3.63, 3.8) is 0 Å². The Hall–Kier alpha value is 0.130. The second-order valence-electron chi connectivity index (χ2n) is 5.46. The maximum atomic E-state index is 14.3. The molecule has 1 fully saturated rings. The molecule has 1 heterocycles. The summed E-state index contributed by atoms with van der Waals surface area (Å²) in [6.45, 7) is 6.23. The number of rotatable bonds is 6. The highest BCUT2D eigenvalue weighted by atomic mass is 79.9. The topological polar surface area (TPSA) is 15.3 Å². The van der Waals surface area contributed by atoms with Crippen LogP contribution in [0.3, 0.4) is 0 Å². The fraction of sp³-hybridized carbons (Fsp3) is 0.625. The zero-order valence-electron chi connectivity index (χ0n) is 13.0. The molecule has 2 rings (SSSR count). The molecule has 1 aromatic carbocycles. The molecule has 1 aliphatic heterocycles. The van der Waals surface area contributed by atoms with E-state index in [2.05, 4.69) is 33.1 Å². The Bertz CT molecular complexity index is 429. The molecule has 0 spiro atoms. The molecule has 0 bridgehead atoms. The van der Waals surface area contributed by atoms with E-state index in [9.17, 15) is 4.39 Å². The highest BCUT2D eigenvalue weighted by Gasteiger charge is 2.24. The van der Waals surface area contributed by atoms with Gasteiger partial charge in [-0.3, -0.25) is 4.90 Å². The second-order valence-corrected chi connectivity index (χ2v) is 6.38. The van der Waals surface area contributed by atoms with Crippen molar-refractivity contribution in [2.45, 2.75) is 38.6 Å². The van der Waals surface area contributed by atoms with Crippen molar-refractivity contribution in [3.05, 3.63) is 34.1 Å². The van der Waals surface area contributed by atoms with Crippen molar-refractivity contribution in [1.29, 1.82) is 0 Å². The first-order valence-corrected chi connectivity index (χ1v) is 8.41. The first kappa shape index (κ1) is 22.1. The number of nitrogens with one attached hydrogen (secondary N) is 1. The van der Waals surface area contributed by atoms with Crippen LogP contribution in [-0.4, -0.2) is 31.1 Å². The van der Waals surface area contributed by atoms with E-state index in [1.165, 1.54) is 19.3 Å². The van der Waals surface area contributed by atoms with Crippen LogP contribution >= 0.6 is 40.7 Å². The molecule has 6 heteroatoms. The third kappa shape index (κ3) is 6.32. The number of halogens is 4. The van der Waals surface area contributed by atoms with E-state index >= 15 is 0 Å². The van der Waals surface area contributed by atoms with Crippen LogP contribution < -0.4 is 5.32 Å². The number of hydrogen-bond acceptors (Lipinski definition) is 2. The molecule has 1 aliphatic rings. The van der Waals surface area contributed by atoms with Crippen molar-refractivity contribution in [2.24, 2.45) is 0 Å². The fourth-order valence-corrected chi connectivity index (χ4v) is 3.22.